The fourth-order valence-corrected chi connectivity index (χ4v) is 2.60. The molecule has 1 saturated carbocycles. The first-order chi connectivity index (χ1) is 8.65. The predicted molar refractivity (Wildman–Crippen MR) is 76.6 cm³/mol. The van der Waals surface area contributed by atoms with Crippen LogP contribution in [0, 0.1) is 5.92 Å². The Kier molecular flexibility index (Phi) is 7.33. The summed E-state index contributed by atoms with van der Waals surface area (Å²) >= 11 is 0. The van der Waals surface area contributed by atoms with Gasteiger partial charge in [-0.25, -0.2) is 0 Å². The highest BCUT2D eigenvalue weighted by atomic mass is 16.2. The number of carbonyl (C=O) groups excluding carboxylic acids is 1. The summed E-state index contributed by atoms with van der Waals surface area (Å²) < 4.78 is 0. The van der Waals surface area contributed by atoms with Gasteiger partial charge in [0.15, 0.2) is 0 Å². The van der Waals surface area contributed by atoms with E-state index in [9.17, 15) is 4.79 Å². The maximum absolute atomic E-state index is 12.3. The van der Waals surface area contributed by atoms with Crippen molar-refractivity contribution in [3.05, 3.63) is 0 Å². The van der Waals surface area contributed by atoms with Gasteiger partial charge in [0, 0.05) is 12.6 Å². The second kappa shape index (κ2) is 8.52. The lowest BCUT2D eigenvalue weighted by Crippen LogP contribution is -2.44. The molecule has 1 N–H and O–H groups in total. The van der Waals surface area contributed by atoms with Crippen LogP contribution in [-0.2, 0) is 4.79 Å². The molecule has 1 rings (SSSR count). The van der Waals surface area contributed by atoms with Crippen molar-refractivity contribution in [1.82, 2.24) is 10.2 Å². The van der Waals surface area contributed by atoms with Crippen LogP contribution in [0.4, 0.5) is 0 Å². The van der Waals surface area contributed by atoms with Crippen LogP contribution in [0.25, 0.3) is 0 Å². The van der Waals surface area contributed by atoms with Crippen LogP contribution in [-0.4, -0.2) is 36.5 Å². The van der Waals surface area contributed by atoms with Crippen LogP contribution in [0.3, 0.4) is 0 Å². The van der Waals surface area contributed by atoms with Crippen LogP contribution >= 0.6 is 0 Å². The van der Waals surface area contributed by atoms with Gasteiger partial charge in [0.25, 0.3) is 0 Å². The number of carbonyl (C=O) groups is 1. The van der Waals surface area contributed by atoms with E-state index in [1.165, 1.54) is 25.7 Å². The molecule has 0 heterocycles. The van der Waals surface area contributed by atoms with Crippen molar-refractivity contribution in [2.75, 3.05) is 19.6 Å². The van der Waals surface area contributed by atoms with E-state index in [2.05, 4.69) is 31.0 Å². The number of amides is 1. The Morgan fingerprint density at radius 3 is 2.56 bits per heavy atom. The van der Waals surface area contributed by atoms with Gasteiger partial charge in [-0.05, 0) is 38.1 Å². The van der Waals surface area contributed by atoms with Gasteiger partial charge >= 0.3 is 0 Å². The van der Waals surface area contributed by atoms with E-state index in [4.69, 9.17) is 0 Å². The standard InChI is InChI=1S/C15H30N2O/c1-4-10-16-12-15(18)17(11-9-13(2)3)14-7-5-6-8-14/h13-14,16H,4-12H2,1-3H3. The Morgan fingerprint density at radius 2 is 2.00 bits per heavy atom. The van der Waals surface area contributed by atoms with Gasteiger partial charge in [-0.3, -0.25) is 4.79 Å². The third-order valence-electron chi connectivity index (χ3n) is 3.74. The summed E-state index contributed by atoms with van der Waals surface area (Å²) in [7, 11) is 0. The molecule has 0 saturated heterocycles. The molecule has 0 unspecified atom stereocenters. The molecule has 0 atom stereocenters. The maximum Gasteiger partial charge on any atom is 0.236 e. The van der Waals surface area contributed by atoms with Gasteiger partial charge < -0.3 is 10.2 Å². The van der Waals surface area contributed by atoms with Crippen LogP contribution < -0.4 is 5.32 Å². The van der Waals surface area contributed by atoms with Crippen LogP contribution in [0.2, 0.25) is 0 Å². The number of nitrogens with zero attached hydrogens (tertiary/aromatic N) is 1. The molecule has 3 nitrogen and oxygen atoms in total. The SMILES string of the molecule is CCCNCC(=O)N(CCC(C)C)C1CCCC1. The lowest BCUT2D eigenvalue weighted by atomic mass is 10.1. The molecule has 1 aliphatic rings. The molecule has 0 spiro atoms. The Hall–Kier alpha value is -0.570. The quantitative estimate of drug-likeness (QED) is 0.676. The summed E-state index contributed by atoms with van der Waals surface area (Å²) in [5, 5.41) is 3.24. The summed E-state index contributed by atoms with van der Waals surface area (Å²) in [6.45, 7) is 8.98. The number of rotatable bonds is 8. The topological polar surface area (TPSA) is 32.3 Å². The zero-order valence-corrected chi connectivity index (χ0v) is 12.4. The monoisotopic (exact) mass is 254 g/mol. The van der Waals surface area contributed by atoms with Crippen molar-refractivity contribution in [3.8, 4) is 0 Å². The van der Waals surface area contributed by atoms with E-state index < -0.39 is 0 Å². The van der Waals surface area contributed by atoms with Crippen molar-refractivity contribution in [2.45, 2.75) is 65.3 Å². The molecule has 106 valence electrons. The van der Waals surface area contributed by atoms with Crippen molar-refractivity contribution >= 4 is 5.91 Å². The Morgan fingerprint density at radius 1 is 1.33 bits per heavy atom. The first-order valence-electron chi connectivity index (χ1n) is 7.65. The molecule has 0 aromatic carbocycles. The number of hydrogen-bond acceptors (Lipinski definition) is 2. The van der Waals surface area contributed by atoms with Crippen molar-refractivity contribution < 1.29 is 4.79 Å². The van der Waals surface area contributed by atoms with E-state index >= 15 is 0 Å². The summed E-state index contributed by atoms with van der Waals surface area (Å²) in [5.41, 5.74) is 0. The van der Waals surface area contributed by atoms with Crippen molar-refractivity contribution in [3.63, 3.8) is 0 Å². The third kappa shape index (κ3) is 5.38. The van der Waals surface area contributed by atoms with Crippen LogP contribution in [0.15, 0.2) is 0 Å². The molecule has 1 fully saturated rings. The minimum absolute atomic E-state index is 0.302. The minimum atomic E-state index is 0.302. The molecule has 18 heavy (non-hydrogen) atoms. The first-order valence-corrected chi connectivity index (χ1v) is 7.65. The summed E-state index contributed by atoms with van der Waals surface area (Å²) in [4.78, 5) is 14.4. The second-order valence-corrected chi connectivity index (χ2v) is 5.88. The lowest BCUT2D eigenvalue weighted by Gasteiger charge is -2.30. The molecule has 0 aliphatic heterocycles. The van der Waals surface area contributed by atoms with Crippen LogP contribution in [0.5, 0.6) is 0 Å². The molecule has 1 amide bonds. The molecular weight excluding hydrogens is 224 g/mol. The van der Waals surface area contributed by atoms with E-state index in [1.54, 1.807) is 0 Å². The van der Waals surface area contributed by atoms with Crippen molar-refractivity contribution in [1.29, 1.82) is 0 Å². The maximum atomic E-state index is 12.3. The van der Waals surface area contributed by atoms with Gasteiger partial charge in [0.1, 0.15) is 0 Å². The Labute approximate surface area is 112 Å². The van der Waals surface area contributed by atoms with Crippen LogP contribution in [0.1, 0.15) is 59.3 Å². The zero-order chi connectivity index (χ0) is 13.4. The van der Waals surface area contributed by atoms with E-state index in [0.717, 1.165) is 25.9 Å². The zero-order valence-electron chi connectivity index (χ0n) is 12.4. The highest BCUT2D eigenvalue weighted by molar-refractivity contribution is 5.78. The van der Waals surface area contributed by atoms with E-state index in [-0.39, 0.29) is 0 Å². The largest absolute Gasteiger partial charge is 0.339 e. The molecule has 0 bridgehead atoms. The molecule has 1 aliphatic carbocycles. The average Bonchev–Trinajstić information content (AvgIpc) is 2.83. The normalized spacial score (nSPS) is 16.4. The number of hydrogen-bond donors (Lipinski definition) is 1. The predicted octanol–water partition coefficient (Wildman–Crippen LogP) is 2.80. The molecule has 0 aromatic heterocycles. The van der Waals surface area contributed by atoms with Gasteiger partial charge in [-0.2, -0.15) is 0 Å². The molecule has 3 heteroatoms. The summed E-state index contributed by atoms with van der Waals surface area (Å²) in [6, 6.07) is 0.514. The average molecular weight is 254 g/mol. The minimum Gasteiger partial charge on any atom is -0.339 e. The van der Waals surface area contributed by atoms with Crippen molar-refractivity contribution in [2.24, 2.45) is 5.92 Å². The fraction of sp³-hybridized carbons (Fsp3) is 0.933. The smallest absolute Gasteiger partial charge is 0.236 e. The molecule has 0 radical (unpaired) electrons. The second-order valence-electron chi connectivity index (χ2n) is 5.88. The highest BCUT2D eigenvalue weighted by Gasteiger charge is 2.25. The van der Waals surface area contributed by atoms with Gasteiger partial charge in [0.2, 0.25) is 5.91 Å². The summed E-state index contributed by atoms with van der Waals surface area (Å²) in [6.07, 6.45) is 7.20. The Bertz CT molecular complexity index is 235. The number of nitrogens with one attached hydrogen (secondary N) is 1. The molecule has 0 aromatic rings. The fourth-order valence-electron chi connectivity index (χ4n) is 2.60. The van der Waals surface area contributed by atoms with E-state index in [1.807, 2.05) is 0 Å². The first kappa shape index (κ1) is 15.5. The third-order valence-corrected chi connectivity index (χ3v) is 3.74. The summed E-state index contributed by atoms with van der Waals surface area (Å²) in [5.74, 6) is 0.973. The van der Waals surface area contributed by atoms with Gasteiger partial charge in [-0.15, -0.1) is 0 Å². The van der Waals surface area contributed by atoms with Gasteiger partial charge in [-0.1, -0.05) is 33.6 Å². The Balaban J connectivity index is 2.44. The van der Waals surface area contributed by atoms with Gasteiger partial charge in [0.05, 0.1) is 6.54 Å². The van der Waals surface area contributed by atoms with E-state index in [0.29, 0.717) is 24.4 Å². The molecular formula is C15H30N2O. The lowest BCUT2D eigenvalue weighted by molar-refractivity contribution is -0.132. The highest BCUT2D eigenvalue weighted by Crippen LogP contribution is 2.24.